The standard InChI is InChI=1S/C19H23N3O4/c1-14-13-17(21-26-14)20-19(24)16-9-5-11-22(16)18(23)10-6-12-25-15-7-3-2-4-8-15/h2-4,7-8,13,16H,5-6,9-12H2,1H3,(H,20,21,24)/t16-/m0/s1. The minimum Gasteiger partial charge on any atom is -0.494 e. The number of nitrogens with zero attached hydrogens (tertiary/aromatic N) is 2. The van der Waals surface area contributed by atoms with Gasteiger partial charge in [-0.2, -0.15) is 0 Å². The Balaban J connectivity index is 1.46. The lowest BCUT2D eigenvalue weighted by Gasteiger charge is -2.23. The van der Waals surface area contributed by atoms with Crippen molar-refractivity contribution in [1.29, 1.82) is 0 Å². The van der Waals surface area contributed by atoms with Crippen LogP contribution < -0.4 is 10.1 Å². The first kappa shape index (κ1) is 18.0. The molecule has 1 N–H and O–H groups in total. The number of benzene rings is 1. The highest BCUT2D eigenvalue weighted by molar-refractivity contribution is 5.96. The number of rotatable bonds is 7. The molecular formula is C19H23N3O4. The Morgan fingerprint density at radius 2 is 2.15 bits per heavy atom. The Kier molecular flexibility index (Phi) is 5.88. The van der Waals surface area contributed by atoms with Crippen LogP contribution in [0.1, 0.15) is 31.4 Å². The summed E-state index contributed by atoms with van der Waals surface area (Å²) in [5.74, 6) is 1.56. The van der Waals surface area contributed by atoms with Gasteiger partial charge in [-0.1, -0.05) is 23.4 Å². The monoisotopic (exact) mass is 357 g/mol. The lowest BCUT2D eigenvalue weighted by atomic mass is 10.2. The highest BCUT2D eigenvalue weighted by Gasteiger charge is 2.34. The van der Waals surface area contributed by atoms with Gasteiger partial charge in [0.2, 0.25) is 11.8 Å². The molecule has 0 radical (unpaired) electrons. The summed E-state index contributed by atoms with van der Waals surface area (Å²) in [7, 11) is 0. The van der Waals surface area contributed by atoms with Crippen LogP contribution >= 0.6 is 0 Å². The van der Waals surface area contributed by atoms with Crippen LogP contribution in [-0.4, -0.2) is 41.1 Å². The summed E-state index contributed by atoms with van der Waals surface area (Å²) in [5.41, 5.74) is 0. The van der Waals surface area contributed by atoms with E-state index < -0.39 is 6.04 Å². The molecule has 1 atom stereocenters. The third-order valence-electron chi connectivity index (χ3n) is 4.30. The first-order valence-electron chi connectivity index (χ1n) is 8.85. The number of likely N-dealkylation sites (tertiary alicyclic amines) is 1. The van der Waals surface area contributed by atoms with Gasteiger partial charge in [0.25, 0.3) is 0 Å². The van der Waals surface area contributed by atoms with E-state index in [2.05, 4.69) is 10.5 Å². The minimum absolute atomic E-state index is 0.0179. The Hall–Kier alpha value is -2.83. The van der Waals surface area contributed by atoms with Crippen molar-refractivity contribution in [3.63, 3.8) is 0 Å². The van der Waals surface area contributed by atoms with Gasteiger partial charge < -0.3 is 19.5 Å². The fourth-order valence-electron chi connectivity index (χ4n) is 3.05. The van der Waals surface area contributed by atoms with Crippen LogP contribution in [0, 0.1) is 6.92 Å². The van der Waals surface area contributed by atoms with Crippen molar-refractivity contribution in [2.75, 3.05) is 18.5 Å². The van der Waals surface area contributed by atoms with Crippen LogP contribution in [-0.2, 0) is 9.59 Å². The molecule has 1 aliphatic heterocycles. The number of para-hydroxylation sites is 1. The summed E-state index contributed by atoms with van der Waals surface area (Å²) in [6.07, 6.45) is 2.46. The zero-order valence-electron chi connectivity index (χ0n) is 14.8. The number of ether oxygens (including phenoxy) is 1. The maximum absolute atomic E-state index is 12.5. The molecule has 7 nitrogen and oxygen atoms in total. The molecule has 2 aromatic rings. The molecule has 1 saturated heterocycles. The average Bonchev–Trinajstić information content (AvgIpc) is 3.28. The van der Waals surface area contributed by atoms with Crippen LogP contribution in [0.25, 0.3) is 0 Å². The average molecular weight is 357 g/mol. The molecule has 2 heterocycles. The second-order valence-electron chi connectivity index (χ2n) is 6.32. The molecule has 0 spiro atoms. The zero-order valence-corrected chi connectivity index (χ0v) is 14.8. The van der Waals surface area contributed by atoms with Gasteiger partial charge in [0.15, 0.2) is 5.82 Å². The summed E-state index contributed by atoms with van der Waals surface area (Å²) < 4.78 is 10.6. The number of hydrogen-bond donors (Lipinski definition) is 1. The Labute approximate surface area is 152 Å². The third-order valence-corrected chi connectivity index (χ3v) is 4.30. The van der Waals surface area contributed by atoms with Crippen molar-refractivity contribution >= 4 is 17.6 Å². The second-order valence-corrected chi connectivity index (χ2v) is 6.32. The van der Waals surface area contributed by atoms with E-state index in [-0.39, 0.29) is 11.8 Å². The minimum atomic E-state index is -0.449. The van der Waals surface area contributed by atoms with E-state index in [1.54, 1.807) is 17.9 Å². The van der Waals surface area contributed by atoms with Crippen LogP contribution in [0.5, 0.6) is 5.75 Å². The Morgan fingerprint density at radius 1 is 1.35 bits per heavy atom. The topological polar surface area (TPSA) is 84.7 Å². The lowest BCUT2D eigenvalue weighted by molar-refractivity contribution is -0.136. The number of anilines is 1. The van der Waals surface area contributed by atoms with Gasteiger partial charge in [0, 0.05) is 19.0 Å². The van der Waals surface area contributed by atoms with Crippen molar-refractivity contribution < 1.29 is 18.8 Å². The van der Waals surface area contributed by atoms with Crippen LogP contribution in [0.15, 0.2) is 40.9 Å². The molecule has 7 heteroatoms. The van der Waals surface area contributed by atoms with Crippen molar-refractivity contribution in [3.05, 3.63) is 42.2 Å². The molecule has 2 amide bonds. The van der Waals surface area contributed by atoms with Gasteiger partial charge in [-0.25, -0.2) is 0 Å². The number of carbonyl (C=O) groups excluding carboxylic acids is 2. The predicted octanol–water partition coefficient (Wildman–Crippen LogP) is 2.77. The second kappa shape index (κ2) is 8.51. The number of aryl methyl sites for hydroxylation is 1. The van der Waals surface area contributed by atoms with E-state index in [0.717, 1.165) is 12.2 Å². The van der Waals surface area contributed by atoms with Gasteiger partial charge in [0.05, 0.1) is 6.61 Å². The van der Waals surface area contributed by atoms with E-state index in [1.165, 1.54) is 0 Å². The predicted molar refractivity (Wildman–Crippen MR) is 95.8 cm³/mol. The highest BCUT2D eigenvalue weighted by Crippen LogP contribution is 2.21. The number of hydrogen-bond acceptors (Lipinski definition) is 5. The summed E-state index contributed by atoms with van der Waals surface area (Å²) in [6.45, 7) is 2.83. The molecule has 26 heavy (non-hydrogen) atoms. The zero-order chi connectivity index (χ0) is 18.4. The Bertz CT molecular complexity index is 744. The molecule has 0 bridgehead atoms. The SMILES string of the molecule is Cc1cc(NC(=O)[C@@H]2CCCN2C(=O)CCCOc2ccccc2)no1. The van der Waals surface area contributed by atoms with Crippen molar-refractivity contribution in [1.82, 2.24) is 10.1 Å². The summed E-state index contributed by atoms with van der Waals surface area (Å²) in [6, 6.07) is 10.7. The maximum atomic E-state index is 12.5. The van der Waals surface area contributed by atoms with Gasteiger partial charge in [-0.05, 0) is 38.3 Å². The van der Waals surface area contributed by atoms with Gasteiger partial charge in [-0.3, -0.25) is 9.59 Å². The molecule has 0 unspecified atom stereocenters. The molecule has 1 fully saturated rings. The first-order chi connectivity index (χ1) is 12.6. The molecule has 1 aromatic carbocycles. The highest BCUT2D eigenvalue weighted by atomic mass is 16.5. The molecular weight excluding hydrogens is 334 g/mol. The van der Waals surface area contributed by atoms with E-state index in [0.29, 0.717) is 44.0 Å². The fraction of sp³-hybridized carbons (Fsp3) is 0.421. The maximum Gasteiger partial charge on any atom is 0.248 e. The molecule has 138 valence electrons. The first-order valence-corrected chi connectivity index (χ1v) is 8.85. The summed E-state index contributed by atoms with van der Waals surface area (Å²) >= 11 is 0. The number of aromatic nitrogens is 1. The third kappa shape index (κ3) is 4.62. The number of nitrogens with one attached hydrogen (secondary N) is 1. The van der Waals surface area contributed by atoms with E-state index in [9.17, 15) is 9.59 Å². The molecule has 1 aromatic heterocycles. The van der Waals surface area contributed by atoms with Crippen LogP contribution in [0.3, 0.4) is 0 Å². The Morgan fingerprint density at radius 3 is 2.88 bits per heavy atom. The molecule has 3 rings (SSSR count). The van der Waals surface area contributed by atoms with Gasteiger partial charge in [0.1, 0.15) is 17.6 Å². The van der Waals surface area contributed by atoms with E-state index in [4.69, 9.17) is 9.26 Å². The summed E-state index contributed by atoms with van der Waals surface area (Å²) in [4.78, 5) is 26.6. The fourth-order valence-corrected chi connectivity index (χ4v) is 3.05. The number of amides is 2. The summed E-state index contributed by atoms with van der Waals surface area (Å²) in [5, 5.41) is 6.48. The van der Waals surface area contributed by atoms with Crippen molar-refractivity contribution in [2.45, 2.75) is 38.6 Å². The quantitative estimate of drug-likeness (QED) is 0.770. The normalized spacial score (nSPS) is 16.5. The lowest BCUT2D eigenvalue weighted by Crippen LogP contribution is -2.43. The van der Waals surface area contributed by atoms with E-state index >= 15 is 0 Å². The van der Waals surface area contributed by atoms with Crippen LogP contribution in [0.4, 0.5) is 5.82 Å². The van der Waals surface area contributed by atoms with Gasteiger partial charge >= 0.3 is 0 Å². The van der Waals surface area contributed by atoms with E-state index in [1.807, 2.05) is 30.3 Å². The smallest absolute Gasteiger partial charge is 0.248 e. The van der Waals surface area contributed by atoms with Crippen molar-refractivity contribution in [3.8, 4) is 5.75 Å². The van der Waals surface area contributed by atoms with Crippen LogP contribution in [0.2, 0.25) is 0 Å². The largest absolute Gasteiger partial charge is 0.494 e. The van der Waals surface area contributed by atoms with Crippen molar-refractivity contribution in [2.24, 2.45) is 0 Å². The molecule has 1 aliphatic rings. The molecule has 0 aliphatic carbocycles. The molecule has 0 saturated carbocycles. The van der Waals surface area contributed by atoms with Gasteiger partial charge in [-0.15, -0.1) is 0 Å². The number of carbonyl (C=O) groups is 2.